The molecule has 2 aliphatic rings. The van der Waals surface area contributed by atoms with Crippen LogP contribution in [0.3, 0.4) is 0 Å². The van der Waals surface area contributed by atoms with Crippen LogP contribution in [0.25, 0.3) is 0 Å². The second kappa shape index (κ2) is 11.6. The zero-order valence-electron chi connectivity index (χ0n) is 22.6. The number of carbonyl (C=O) groups is 2. The van der Waals surface area contributed by atoms with Crippen LogP contribution in [0.4, 0.5) is 11.4 Å². The fraction of sp³-hybridized carbons (Fsp3) is 0.312. The summed E-state index contributed by atoms with van der Waals surface area (Å²) < 4.78 is 16.9. The van der Waals surface area contributed by atoms with E-state index in [1.54, 1.807) is 6.07 Å². The standard InChI is InChI=1S/C32H34N2O5/c1-4-16-38-24-13-10-21(11-14-24)23-17-27-31(28(36)18-23)32(34-26-9-7-6-8-25(26)33-27)22-12-15-29(39-20(3)35)30(19-22)37-5-2/h6-15,19,23,32-34H,4-5,16-18H2,1-3H3. The van der Waals surface area contributed by atoms with Gasteiger partial charge in [-0.15, -0.1) is 0 Å². The van der Waals surface area contributed by atoms with Crippen molar-refractivity contribution in [2.24, 2.45) is 0 Å². The number of fused-ring (bicyclic) bond motifs is 1. The van der Waals surface area contributed by atoms with Gasteiger partial charge in [0.05, 0.1) is 30.6 Å². The van der Waals surface area contributed by atoms with E-state index in [0.717, 1.165) is 40.4 Å². The predicted molar refractivity (Wildman–Crippen MR) is 152 cm³/mol. The van der Waals surface area contributed by atoms with E-state index in [9.17, 15) is 9.59 Å². The number of para-hydroxylation sites is 2. The van der Waals surface area contributed by atoms with Crippen LogP contribution in [-0.4, -0.2) is 25.0 Å². The Hall–Kier alpha value is -4.26. The van der Waals surface area contributed by atoms with Gasteiger partial charge in [0.15, 0.2) is 17.3 Å². The molecule has 0 saturated heterocycles. The number of nitrogens with one attached hydrogen (secondary N) is 2. The summed E-state index contributed by atoms with van der Waals surface area (Å²) in [6.45, 7) is 6.42. The van der Waals surface area contributed by atoms with Crippen molar-refractivity contribution in [3.05, 3.63) is 89.1 Å². The number of ether oxygens (including phenoxy) is 3. The average molecular weight is 527 g/mol. The third-order valence-corrected chi connectivity index (χ3v) is 6.99. The van der Waals surface area contributed by atoms with Gasteiger partial charge in [-0.25, -0.2) is 0 Å². The van der Waals surface area contributed by atoms with E-state index in [1.165, 1.54) is 6.92 Å². The van der Waals surface area contributed by atoms with E-state index in [2.05, 4.69) is 29.7 Å². The minimum Gasteiger partial charge on any atom is -0.494 e. The lowest BCUT2D eigenvalue weighted by molar-refractivity contribution is -0.132. The summed E-state index contributed by atoms with van der Waals surface area (Å²) in [5.74, 6) is 1.39. The number of esters is 1. The summed E-state index contributed by atoms with van der Waals surface area (Å²) in [6.07, 6.45) is 2.07. The first-order valence-electron chi connectivity index (χ1n) is 13.5. The first kappa shape index (κ1) is 26.4. The fourth-order valence-electron chi connectivity index (χ4n) is 5.25. The van der Waals surface area contributed by atoms with Gasteiger partial charge in [0, 0.05) is 24.6 Å². The SMILES string of the molecule is CCCOc1ccc(C2CC(=O)C3=C(C2)Nc2ccccc2NC3c2ccc(OC(C)=O)c(OCC)c2)cc1. The van der Waals surface area contributed by atoms with Gasteiger partial charge in [0.1, 0.15) is 5.75 Å². The smallest absolute Gasteiger partial charge is 0.308 e. The summed E-state index contributed by atoms with van der Waals surface area (Å²) in [5.41, 5.74) is 5.42. The molecule has 3 aromatic rings. The molecule has 5 rings (SSSR count). The molecule has 1 aliphatic carbocycles. The molecular formula is C32H34N2O5. The van der Waals surface area contributed by atoms with Gasteiger partial charge in [-0.1, -0.05) is 37.3 Å². The third-order valence-electron chi connectivity index (χ3n) is 6.99. The van der Waals surface area contributed by atoms with Crippen LogP contribution in [0, 0.1) is 0 Å². The van der Waals surface area contributed by atoms with Crippen molar-refractivity contribution in [1.29, 1.82) is 0 Å². The first-order valence-corrected chi connectivity index (χ1v) is 13.5. The monoisotopic (exact) mass is 526 g/mol. The van der Waals surface area contributed by atoms with E-state index in [1.807, 2.05) is 55.5 Å². The highest BCUT2D eigenvalue weighted by atomic mass is 16.6. The molecule has 3 aromatic carbocycles. The summed E-state index contributed by atoms with van der Waals surface area (Å²) in [4.78, 5) is 25.5. The Bertz CT molecular complexity index is 1400. The summed E-state index contributed by atoms with van der Waals surface area (Å²) >= 11 is 0. The topological polar surface area (TPSA) is 85.9 Å². The number of rotatable bonds is 8. The average Bonchev–Trinajstić information content (AvgIpc) is 3.10. The largest absolute Gasteiger partial charge is 0.494 e. The maximum atomic E-state index is 13.9. The molecule has 39 heavy (non-hydrogen) atoms. The van der Waals surface area contributed by atoms with Gasteiger partial charge in [-0.05, 0) is 73.2 Å². The van der Waals surface area contributed by atoms with Crippen molar-refractivity contribution in [1.82, 2.24) is 0 Å². The zero-order valence-corrected chi connectivity index (χ0v) is 22.6. The quantitative estimate of drug-likeness (QED) is 0.247. The van der Waals surface area contributed by atoms with Crippen LogP contribution in [0.2, 0.25) is 0 Å². The van der Waals surface area contributed by atoms with Crippen LogP contribution < -0.4 is 24.8 Å². The molecule has 1 heterocycles. The third kappa shape index (κ3) is 5.77. The lowest BCUT2D eigenvalue weighted by Gasteiger charge is -2.30. The van der Waals surface area contributed by atoms with Gasteiger partial charge < -0.3 is 24.8 Å². The van der Waals surface area contributed by atoms with E-state index in [0.29, 0.717) is 43.1 Å². The number of Topliss-reactive ketones (excluding diaryl/α,β-unsaturated/α-hetero) is 1. The Morgan fingerprint density at radius 2 is 1.64 bits per heavy atom. The number of hydrogen-bond acceptors (Lipinski definition) is 7. The summed E-state index contributed by atoms with van der Waals surface area (Å²) in [6, 6.07) is 21.1. The summed E-state index contributed by atoms with van der Waals surface area (Å²) in [5, 5.41) is 7.17. The highest BCUT2D eigenvalue weighted by molar-refractivity contribution is 6.01. The van der Waals surface area contributed by atoms with Gasteiger partial charge in [-0.3, -0.25) is 9.59 Å². The van der Waals surface area contributed by atoms with Crippen molar-refractivity contribution in [3.63, 3.8) is 0 Å². The van der Waals surface area contributed by atoms with Crippen LogP contribution >= 0.6 is 0 Å². The normalized spacial score (nSPS) is 18.2. The molecule has 7 nitrogen and oxygen atoms in total. The van der Waals surface area contributed by atoms with Crippen molar-refractivity contribution >= 4 is 23.1 Å². The van der Waals surface area contributed by atoms with Crippen molar-refractivity contribution in [3.8, 4) is 17.2 Å². The Labute approximate surface area is 229 Å². The molecule has 0 spiro atoms. The van der Waals surface area contributed by atoms with E-state index in [-0.39, 0.29) is 11.7 Å². The molecule has 0 radical (unpaired) electrons. The lowest BCUT2D eigenvalue weighted by Crippen LogP contribution is -2.27. The highest BCUT2D eigenvalue weighted by Gasteiger charge is 2.36. The van der Waals surface area contributed by atoms with Crippen LogP contribution in [0.15, 0.2) is 78.0 Å². The zero-order chi connectivity index (χ0) is 27.4. The van der Waals surface area contributed by atoms with E-state index >= 15 is 0 Å². The Balaban J connectivity index is 1.53. The number of ketones is 1. The van der Waals surface area contributed by atoms with E-state index in [4.69, 9.17) is 14.2 Å². The highest BCUT2D eigenvalue weighted by Crippen LogP contribution is 2.45. The molecular weight excluding hydrogens is 492 g/mol. The van der Waals surface area contributed by atoms with Gasteiger partial charge in [-0.2, -0.15) is 0 Å². The van der Waals surface area contributed by atoms with Gasteiger partial charge >= 0.3 is 5.97 Å². The lowest BCUT2D eigenvalue weighted by atomic mass is 9.78. The van der Waals surface area contributed by atoms with Crippen LogP contribution in [0.1, 0.15) is 63.1 Å². The number of hydrogen-bond donors (Lipinski definition) is 2. The molecule has 2 unspecified atom stereocenters. The number of benzene rings is 3. The van der Waals surface area contributed by atoms with Crippen molar-refractivity contribution in [2.45, 2.75) is 52.0 Å². The minimum absolute atomic E-state index is 0.0558. The molecule has 0 saturated carbocycles. The second-order valence-electron chi connectivity index (χ2n) is 9.82. The Morgan fingerprint density at radius 3 is 2.36 bits per heavy atom. The maximum Gasteiger partial charge on any atom is 0.308 e. The molecule has 0 amide bonds. The van der Waals surface area contributed by atoms with Crippen molar-refractivity contribution in [2.75, 3.05) is 23.8 Å². The number of anilines is 2. The molecule has 202 valence electrons. The molecule has 2 N–H and O–H groups in total. The molecule has 0 aromatic heterocycles. The first-order chi connectivity index (χ1) is 19.0. The van der Waals surface area contributed by atoms with Gasteiger partial charge in [0.2, 0.25) is 0 Å². The van der Waals surface area contributed by atoms with E-state index < -0.39 is 12.0 Å². The predicted octanol–water partition coefficient (Wildman–Crippen LogP) is 6.78. The molecule has 0 bridgehead atoms. The van der Waals surface area contributed by atoms with Crippen LogP contribution in [0.5, 0.6) is 17.2 Å². The Morgan fingerprint density at radius 1 is 0.897 bits per heavy atom. The number of carbonyl (C=O) groups excluding carboxylic acids is 2. The second-order valence-corrected chi connectivity index (χ2v) is 9.82. The molecule has 0 fully saturated rings. The minimum atomic E-state index is -0.419. The molecule has 1 aliphatic heterocycles. The number of allylic oxidation sites excluding steroid dienone is 1. The molecule has 2 atom stereocenters. The maximum absolute atomic E-state index is 13.9. The van der Waals surface area contributed by atoms with Crippen LogP contribution in [-0.2, 0) is 9.59 Å². The fourth-order valence-corrected chi connectivity index (χ4v) is 5.25. The summed E-state index contributed by atoms with van der Waals surface area (Å²) in [7, 11) is 0. The van der Waals surface area contributed by atoms with Gasteiger partial charge in [0.25, 0.3) is 0 Å². The Kier molecular flexibility index (Phi) is 7.87. The van der Waals surface area contributed by atoms with Crippen molar-refractivity contribution < 1.29 is 23.8 Å². The molecule has 7 heteroatoms.